The highest BCUT2D eigenvalue weighted by Gasteiger charge is 2.02. The maximum atomic E-state index is 5.72. The lowest BCUT2D eigenvalue weighted by Crippen LogP contribution is -2.06. The van der Waals surface area contributed by atoms with Crippen LogP contribution in [-0.2, 0) is 13.0 Å². The molecule has 0 saturated carbocycles. The smallest absolute Gasteiger partial charge is 0.128 e. The first-order chi connectivity index (χ1) is 6.13. The molecule has 13 heavy (non-hydrogen) atoms. The van der Waals surface area contributed by atoms with Gasteiger partial charge in [0.1, 0.15) is 5.82 Å². The standard InChI is InChI=1S/C10H17N3/c1-7(2)5-9-4-3-8(6-11)10(12)13-9/h3-4,7H,5-6,11H2,1-2H3,(H2,12,13). The van der Waals surface area contributed by atoms with Crippen LogP contribution in [-0.4, -0.2) is 4.98 Å². The van der Waals surface area contributed by atoms with Gasteiger partial charge in [0.25, 0.3) is 0 Å². The quantitative estimate of drug-likeness (QED) is 0.735. The van der Waals surface area contributed by atoms with Gasteiger partial charge in [-0.1, -0.05) is 19.9 Å². The van der Waals surface area contributed by atoms with Crippen LogP contribution in [0.3, 0.4) is 0 Å². The largest absolute Gasteiger partial charge is 0.383 e. The zero-order chi connectivity index (χ0) is 9.84. The molecule has 1 heterocycles. The summed E-state index contributed by atoms with van der Waals surface area (Å²) < 4.78 is 0. The van der Waals surface area contributed by atoms with Crippen molar-refractivity contribution in [2.24, 2.45) is 11.7 Å². The predicted octanol–water partition coefficient (Wildman–Crippen LogP) is 1.32. The van der Waals surface area contributed by atoms with Gasteiger partial charge in [0.2, 0.25) is 0 Å². The molecule has 0 aliphatic rings. The molecule has 0 aliphatic heterocycles. The van der Waals surface area contributed by atoms with Crippen molar-refractivity contribution < 1.29 is 0 Å². The Morgan fingerprint density at radius 3 is 2.54 bits per heavy atom. The molecule has 0 bridgehead atoms. The maximum Gasteiger partial charge on any atom is 0.128 e. The molecule has 0 amide bonds. The fourth-order valence-electron chi connectivity index (χ4n) is 1.25. The van der Waals surface area contributed by atoms with Crippen LogP contribution in [0.5, 0.6) is 0 Å². The van der Waals surface area contributed by atoms with Crippen molar-refractivity contribution >= 4 is 5.82 Å². The third kappa shape index (κ3) is 2.70. The fourth-order valence-corrected chi connectivity index (χ4v) is 1.25. The SMILES string of the molecule is CC(C)Cc1ccc(CN)c(N)n1. The summed E-state index contributed by atoms with van der Waals surface area (Å²) in [4.78, 5) is 4.28. The summed E-state index contributed by atoms with van der Waals surface area (Å²) in [7, 11) is 0. The number of aromatic nitrogens is 1. The summed E-state index contributed by atoms with van der Waals surface area (Å²) in [5, 5.41) is 0. The lowest BCUT2D eigenvalue weighted by Gasteiger charge is -2.07. The highest BCUT2D eigenvalue weighted by atomic mass is 14.8. The zero-order valence-electron chi connectivity index (χ0n) is 8.25. The van der Waals surface area contributed by atoms with Crippen LogP contribution >= 0.6 is 0 Å². The van der Waals surface area contributed by atoms with Crippen LogP contribution in [0.4, 0.5) is 5.82 Å². The van der Waals surface area contributed by atoms with Gasteiger partial charge < -0.3 is 11.5 Å². The Morgan fingerprint density at radius 2 is 2.08 bits per heavy atom. The third-order valence-corrected chi connectivity index (χ3v) is 1.91. The molecule has 0 fully saturated rings. The van der Waals surface area contributed by atoms with Gasteiger partial charge in [-0.25, -0.2) is 4.98 Å². The summed E-state index contributed by atoms with van der Waals surface area (Å²) in [5.41, 5.74) is 13.2. The van der Waals surface area contributed by atoms with Crippen LogP contribution in [0.2, 0.25) is 0 Å². The molecule has 0 saturated heterocycles. The monoisotopic (exact) mass is 179 g/mol. The van der Waals surface area contributed by atoms with Gasteiger partial charge in [-0.15, -0.1) is 0 Å². The highest BCUT2D eigenvalue weighted by molar-refractivity contribution is 5.40. The van der Waals surface area contributed by atoms with Gasteiger partial charge in [0, 0.05) is 17.8 Å². The molecule has 0 aliphatic carbocycles. The minimum absolute atomic E-state index is 0.459. The molecule has 0 radical (unpaired) electrons. The van der Waals surface area contributed by atoms with E-state index in [1.807, 2.05) is 12.1 Å². The summed E-state index contributed by atoms with van der Waals surface area (Å²) in [6.07, 6.45) is 0.967. The average Bonchev–Trinajstić information content (AvgIpc) is 2.03. The lowest BCUT2D eigenvalue weighted by molar-refractivity contribution is 0.635. The van der Waals surface area contributed by atoms with E-state index in [-0.39, 0.29) is 0 Å². The molecular formula is C10H17N3. The van der Waals surface area contributed by atoms with E-state index in [4.69, 9.17) is 11.5 Å². The minimum atomic E-state index is 0.459. The number of pyridine rings is 1. The van der Waals surface area contributed by atoms with Crippen LogP contribution in [0, 0.1) is 5.92 Å². The normalized spacial score (nSPS) is 10.8. The Hall–Kier alpha value is -1.09. The van der Waals surface area contributed by atoms with Gasteiger partial charge in [-0.3, -0.25) is 0 Å². The first-order valence-electron chi connectivity index (χ1n) is 4.57. The van der Waals surface area contributed by atoms with E-state index in [2.05, 4.69) is 18.8 Å². The van der Waals surface area contributed by atoms with Gasteiger partial charge in [0.05, 0.1) is 0 Å². The number of anilines is 1. The van der Waals surface area contributed by atoms with E-state index in [1.165, 1.54) is 0 Å². The Labute approximate surface area is 79.2 Å². The Balaban J connectivity index is 2.83. The Morgan fingerprint density at radius 1 is 1.38 bits per heavy atom. The number of nitrogen functional groups attached to an aromatic ring is 1. The molecule has 1 aromatic rings. The van der Waals surface area contributed by atoms with Gasteiger partial charge in [0.15, 0.2) is 0 Å². The van der Waals surface area contributed by atoms with E-state index in [0.717, 1.165) is 17.7 Å². The molecule has 0 spiro atoms. The summed E-state index contributed by atoms with van der Waals surface area (Å²) in [6, 6.07) is 3.96. The zero-order valence-corrected chi connectivity index (χ0v) is 8.25. The Kier molecular flexibility index (Phi) is 3.25. The van der Waals surface area contributed by atoms with Crippen molar-refractivity contribution in [1.29, 1.82) is 0 Å². The van der Waals surface area contributed by atoms with Gasteiger partial charge >= 0.3 is 0 Å². The predicted molar refractivity (Wildman–Crippen MR) is 55.1 cm³/mol. The highest BCUT2D eigenvalue weighted by Crippen LogP contribution is 2.11. The van der Waals surface area contributed by atoms with Crippen molar-refractivity contribution in [3.05, 3.63) is 23.4 Å². The Bertz CT molecular complexity index is 281. The lowest BCUT2D eigenvalue weighted by atomic mass is 10.1. The molecular weight excluding hydrogens is 162 g/mol. The summed E-state index contributed by atoms with van der Waals surface area (Å²) >= 11 is 0. The van der Waals surface area contributed by atoms with Crippen molar-refractivity contribution in [1.82, 2.24) is 4.98 Å². The average molecular weight is 179 g/mol. The first-order valence-corrected chi connectivity index (χ1v) is 4.57. The van der Waals surface area contributed by atoms with Crippen LogP contribution in [0.1, 0.15) is 25.1 Å². The van der Waals surface area contributed by atoms with Gasteiger partial charge in [-0.05, 0) is 18.4 Å². The van der Waals surface area contributed by atoms with Crippen LogP contribution < -0.4 is 11.5 Å². The number of rotatable bonds is 3. The van der Waals surface area contributed by atoms with Crippen molar-refractivity contribution in [2.75, 3.05) is 5.73 Å². The van der Waals surface area contributed by atoms with Crippen molar-refractivity contribution in [2.45, 2.75) is 26.8 Å². The molecule has 72 valence electrons. The second-order valence-corrected chi connectivity index (χ2v) is 3.65. The van der Waals surface area contributed by atoms with E-state index >= 15 is 0 Å². The number of hydrogen-bond donors (Lipinski definition) is 2. The molecule has 1 aromatic heterocycles. The topological polar surface area (TPSA) is 64.9 Å². The van der Waals surface area contributed by atoms with E-state index in [1.54, 1.807) is 0 Å². The van der Waals surface area contributed by atoms with Crippen molar-refractivity contribution in [3.63, 3.8) is 0 Å². The molecule has 1 rings (SSSR count). The molecule has 0 atom stereocenters. The molecule has 3 nitrogen and oxygen atoms in total. The summed E-state index contributed by atoms with van der Waals surface area (Å²) in [6.45, 7) is 4.78. The van der Waals surface area contributed by atoms with Crippen LogP contribution in [0.15, 0.2) is 12.1 Å². The molecule has 0 aromatic carbocycles. The van der Waals surface area contributed by atoms with Gasteiger partial charge in [-0.2, -0.15) is 0 Å². The maximum absolute atomic E-state index is 5.72. The number of nitrogens with two attached hydrogens (primary N) is 2. The number of nitrogens with zero attached hydrogens (tertiary/aromatic N) is 1. The minimum Gasteiger partial charge on any atom is -0.383 e. The van der Waals surface area contributed by atoms with E-state index in [9.17, 15) is 0 Å². The van der Waals surface area contributed by atoms with E-state index < -0.39 is 0 Å². The van der Waals surface area contributed by atoms with E-state index in [0.29, 0.717) is 18.3 Å². The second kappa shape index (κ2) is 4.23. The second-order valence-electron chi connectivity index (χ2n) is 3.65. The fraction of sp³-hybridized carbons (Fsp3) is 0.500. The molecule has 4 N–H and O–H groups in total. The van der Waals surface area contributed by atoms with Crippen molar-refractivity contribution in [3.8, 4) is 0 Å². The van der Waals surface area contributed by atoms with Crippen LogP contribution in [0.25, 0.3) is 0 Å². The molecule has 0 unspecified atom stereocenters. The molecule has 3 heteroatoms. The first kappa shape index (κ1) is 9.99. The third-order valence-electron chi connectivity index (χ3n) is 1.91. The summed E-state index contributed by atoms with van der Waals surface area (Å²) in [5.74, 6) is 1.18. The number of hydrogen-bond acceptors (Lipinski definition) is 3.